The molecule has 0 atom stereocenters. The third kappa shape index (κ3) is 13.2. The first-order chi connectivity index (χ1) is 17.6. The number of hydrogen-bond acceptors (Lipinski definition) is 6. The molecular formula is C28H39N3O4S. The molecule has 0 bridgehead atoms. The van der Waals surface area contributed by atoms with Crippen LogP contribution in [0, 0.1) is 0 Å². The number of hydrogen-bond donors (Lipinski definition) is 2. The Hall–Kier alpha value is -3.00. The van der Waals surface area contributed by atoms with E-state index in [1.807, 2.05) is 5.38 Å². The van der Waals surface area contributed by atoms with Crippen LogP contribution in [0.3, 0.4) is 0 Å². The van der Waals surface area contributed by atoms with Crippen molar-refractivity contribution in [2.24, 2.45) is 5.10 Å². The van der Waals surface area contributed by atoms with Crippen LogP contribution in [-0.4, -0.2) is 30.5 Å². The third-order valence-electron chi connectivity index (χ3n) is 5.67. The first-order valence-corrected chi connectivity index (χ1v) is 13.9. The van der Waals surface area contributed by atoms with Gasteiger partial charge in [0.1, 0.15) is 10.6 Å². The minimum atomic E-state index is -0.399. The van der Waals surface area contributed by atoms with Gasteiger partial charge in [0.05, 0.1) is 12.8 Å². The van der Waals surface area contributed by atoms with Gasteiger partial charge in [-0.15, -0.1) is 11.3 Å². The van der Waals surface area contributed by atoms with Gasteiger partial charge in [-0.05, 0) is 47.7 Å². The lowest BCUT2D eigenvalue weighted by Gasteiger charge is -2.05. The molecule has 0 aliphatic rings. The number of unbranched alkanes of at least 4 members (excludes halogenated alkanes) is 10. The van der Waals surface area contributed by atoms with Crippen molar-refractivity contribution in [2.45, 2.75) is 84.0 Å². The summed E-state index contributed by atoms with van der Waals surface area (Å²) in [6.45, 7) is 2.13. The molecule has 0 aliphatic heterocycles. The number of carbonyl (C=O) groups excluding carboxylic acids is 3. The number of ether oxygens (including phenoxy) is 1. The number of thiophene rings is 1. The van der Waals surface area contributed by atoms with Crippen molar-refractivity contribution in [3.05, 3.63) is 52.2 Å². The number of nitrogens with one attached hydrogen (secondary N) is 2. The Bertz CT molecular complexity index is 927. The molecule has 0 aliphatic carbocycles. The lowest BCUT2D eigenvalue weighted by Crippen LogP contribution is -2.34. The van der Waals surface area contributed by atoms with Gasteiger partial charge < -0.3 is 10.1 Å². The van der Waals surface area contributed by atoms with Crippen LogP contribution in [0.25, 0.3) is 0 Å². The van der Waals surface area contributed by atoms with E-state index in [0.717, 1.165) is 24.8 Å². The number of esters is 1. The lowest BCUT2D eigenvalue weighted by molar-refractivity contribution is -0.126. The smallest absolute Gasteiger partial charge is 0.353 e. The molecule has 0 fully saturated rings. The van der Waals surface area contributed by atoms with Crippen LogP contribution in [0.2, 0.25) is 0 Å². The normalized spacial score (nSPS) is 10.9. The lowest BCUT2D eigenvalue weighted by atomic mass is 10.1. The van der Waals surface area contributed by atoms with E-state index in [4.69, 9.17) is 4.74 Å². The summed E-state index contributed by atoms with van der Waals surface area (Å²) < 4.78 is 5.30. The van der Waals surface area contributed by atoms with Crippen molar-refractivity contribution < 1.29 is 19.1 Å². The maximum atomic E-state index is 12.0. The molecule has 1 aromatic carbocycles. The Morgan fingerprint density at radius 2 is 1.50 bits per heavy atom. The summed E-state index contributed by atoms with van der Waals surface area (Å²) in [5.41, 5.74) is 3.12. The highest BCUT2D eigenvalue weighted by Crippen LogP contribution is 2.16. The van der Waals surface area contributed by atoms with E-state index in [-0.39, 0.29) is 18.4 Å². The van der Waals surface area contributed by atoms with E-state index < -0.39 is 5.97 Å². The van der Waals surface area contributed by atoms with Crippen molar-refractivity contribution in [1.82, 2.24) is 10.7 Å². The average Bonchev–Trinajstić information content (AvgIpc) is 3.42. The minimum Gasteiger partial charge on any atom is -0.422 e. The zero-order valence-corrected chi connectivity index (χ0v) is 22.1. The van der Waals surface area contributed by atoms with Gasteiger partial charge in [-0.3, -0.25) is 9.59 Å². The van der Waals surface area contributed by atoms with Gasteiger partial charge in [-0.1, -0.05) is 77.2 Å². The van der Waals surface area contributed by atoms with Crippen molar-refractivity contribution in [3.63, 3.8) is 0 Å². The predicted molar refractivity (Wildman–Crippen MR) is 146 cm³/mol. The van der Waals surface area contributed by atoms with Gasteiger partial charge in [0.2, 0.25) is 5.91 Å². The SMILES string of the molecule is CCCCCCCCCCCCCC(=O)NCC(=O)N/N=C\c1ccc(OC(=O)c2cccs2)cc1. The molecule has 0 unspecified atom stereocenters. The Morgan fingerprint density at radius 3 is 2.11 bits per heavy atom. The molecule has 2 amide bonds. The molecular weight excluding hydrogens is 474 g/mol. The highest BCUT2D eigenvalue weighted by Gasteiger charge is 2.09. The van der Waals surface area contributed by atoms with Crippen LogP contribution >= 0.6 is 11.3 Å². The number of amides is 2. The maximum absolute atomic E-state index is 12.0. The zero-order valence-electron chi connectivity index (χ0n) is 21.3. The van der Waals surface area contributed by atoms with Crippen molar-refractivity contribution >= 4 is 35.3 Å². The Labute approximate surface area is 218 Å². The van der Waals surface area contributed by atoms with E-state index >= 15 is 0 Å². The summed E-state index contributed by atoms with van der Waals surface area (Å²) >= 11 is 1.32. The maximum Gasteiger partial charge on any atom is 0.353 e. The summed E-state index contributed by atoms with van der Waals surface area (Å²) in [6.07, 6.45) is 15.5. The summed E-state index contributed by atoms with van der Waals surface area (Å²) in [4.78, 5) is 36.3. The fourth-order valence-electron chi connectivity index (χ4n) is 3.61. The molecule has 1 heterocycles. The molecule has 0 radical (unpaired) electrons. The fraction of sp³-hybridized carbons (Fsp3) is 0.500. The van der Waals surface area contributed by atoms with Gasteiger partial charge in [-0.2, -0.15) is 5.10 Å². The fourth-order valence-corrected chi connectivity index (χ4v) is 4.21. The predicted octanol–water partition coefficient (Wildman–Crippen LogP) is 6.23. The van der Waals surface area contributed by atoms with E-state index in [2.05, 4.69) is 22.8 Å². The van der Waals surface area contributed by atoms with Crippen LogP contribution in [0.4, 0.5) is 0 Å². The molecule has 36 heavy (non-hydrogen) atoms. The van der Waals surface area contributed by atoms with Crippen LogP contribution in [0.5, 0.6) is 5.75 Å². The largest absolute Gasteiger partial charge is 0.422 e. The monoisotopic (exact) mass is 513 g/mol. The van der Waals surface area contributed by atoms with Gasteiger partial charge in [0, 0.05) is 6.42 Å². The summed E-state index contributed by atoms with van der Waals surface area (Å²) in [5, 5.41) is 8.35. The quantitative estimate of drug-likeness (QED) is 0.0811. The second kappa shape index (κ2) is 18.3. The zero-order chi connectivity index (χ0) is 25.8. The Morgan fingerprint density at radius 1 is 0.861 bits per heavy atom. The molecule has 0 saturated heterocycles. The highest BCUT2D eigenvalue weighted by molar-refractivity contribution is 7.12. The van der Waals surface area contributed by atoms with E-state index in [1.165, 1.54) is 68.9 Å². The van der Waals surface area contributed by atoms with Gasteiger partial charge in [0.15, 0.2) is 0 Å². The first kappa shape index (κ1) is 29.2. The Kier molecular flexibility index (Phi) is 14.9. The molecule has 7 nitrogen and oxygen atoms in total. The minimum absolute atomic E-state index is 0.105. The third-order valence-corrected chi connectivity index (χ3v) is 6.52. The van der Waals surface area contributed by atoms with E-state index in [0.29, 0.717) is 17.0 Å². The molecule has 1 aromatic heterocycles. The van der Waals surface area contributed by atoms with Gasteiger partial charge in [0.25, 0.3) is 5.91 Å². The molecule has 0 spiro atoms. The van der Waals surface area contributed by atoms with Crippen LogP contribution in [0.15, 0.2) is 46.9 Å². The molecule has 2 rings (SSSR count). The molecule has 2 aromatic rings. The van der Waals surface area contributed by atoms with E-state index in [9.17, 15) is 14.4 Å². The topological polar surface area (TPSA) is 96.9 Å². The summed E-state index contributed by atoms with van der Waals surface area (Å²) in [7, 11) is 0. The summed E-state index contributed by atoms with van der Waals surface area (Å²) in [5.74, 6) is -0.475. The Balaban J connectivity index is 1.49. The van der Waals surface area contributed by atoms with Crippen LogP contribution < -0.4 is 15.5 Å². The number of hydrazone groups is 1. The van der Waals surface area contributed by atoms with Crippen molar-refractivity contribution in [2.75, 3.05) is 6.54 Å². The standard InChI is InChI=1S/C28H39N3O4S/c1-2-3-4-5-6-7-8-9-10-11-12-15-26(32)29-22-27(33)31-30-21-23-16-18-24(19-17-23)35-28(34)25-14-13-20-36-25/h13-14,16-21H,2-12,15,22H2,1H3,(H,29,32)(H,31,33)/b30-21-. The second-order valence-corrected chi connectivity index (χ2v) is 9.74. The highest BCUT2D eigenvalue weighted by atomic mass is 32.1. The molecule has 0 saturated carbocycles. The van der Waals surface area contributed by atoms with E-state index in [1.54, 1.807) is 36.4 Å². The molecule has 2 N–H and O–H groups in total. The number of rotatable bonds is 18. The molecule has 196 valence electrons. The number of benzene rings is 1. The van der Waals surface area contributed by atoms with Crippen molar-refractivity contribution in [1.29, 1.82) is 0 Å². The first-order valence-electron chi connectivity index (χ1n) is 13.0. The number of carbonyl (C=O) groups is 3. The van der Waals surface area contributed by atoms with Gasteiger partial charge in [-0.25, -0.2) is 10.2 Å². The average molecular weight is 514 g/mol. The summed E-state index contributed by atoms with van der Waals surface area (Å²) in [6, 6.07) is 10.3. The number of nitrogens with zero attached hydrogens (tertiary/aromatic N) is 1. The van der Waals surface area contributed by atoms with Crippen LogP contribution in [0.1, 0.15) is 99.2 Å². The second-order valence-electron chi connectivity index (χ2n) is 8.79. The van der Waals surface area contributed by atoms with Crippen molar-refractivity contribution in [3.8, 4) is 5.75 Å². The molecule has 8 heteroatoms. The van der Waals surface area contributed by atoms with Gasteiger partial charge >= 0.3 is 5.97 Å². The van der Waals surface area contributed by atoms with Crippen LogP contribution in [-0.2, 0) is 9.59 Å².